The first-order valence-electron chi connectivity index (χ1n) is 8.45. The molecule has 27 heavy (non-hydrogen) atoms. The monoisotopic (exact) mass is 366 g/mol. The Balaban J connectivity index is 1.58. The number of amides is 3. The van der Waals surface area contributed by atoms with Crippen molar-refractivity contribution in [2.24, 2.45) is 0 Å². The molecule has 1 aliphatic rings. The third-order valence-electron chi connectivity index (χ3n) is 4.20. The Kier molecular flexibility index (Phi) is 5.30. The summed E-state index contributed by atoms with van der Waals surface area (Å²) in [5.74, 6) is -2.29. The van der Waals surface area contributed by atoms with E-state index < -0.39 is 17.8 Å². The van der Waals surface area contributed by atoms with Gasteiger partial charge in [-0.2, -0.15) is 0 Å². The van der Waals surface area contributed by atoms with Gasteiger partial charge in [-0.3, -0.25) is 14.4 Å². The Morgan fingerprint density at radius 2 is 1.48 bits per heavy atom. The highest BCUT2D eigenvalue weighted by atomic mass is 16.7. The summed E-state index contributed by atoms with van der Waals surface area (Å²) in [5.41, 5.74) is 1.33. The van der Waals surface area contributed by atoms with Gasteiger partial charge in [0.1, 0.15) is 0 Å². The van der Waals surface area contributed by atoms with Gasteiger partial charge in [0.2, 0.25) is 5.91 Å². The predicted octanol–water partition coefficient (Wildman–Crippen LogP) is 2.18. The van der Waals surface area contributed by atoms with E-state index in [0.29, 0.717) is 11.6 Å². The van der Waals surface area contributed by atoms with Crippen LogP contribution in [0, 0.1) is 0 Å². The first kappa shape index (κ1) is 18.3. The molecule has 0 saturated heterocycles. The van der Waals surface area contributed by atoms with Crippen LogP contribution in [0.3, 0.4) is 0 Å². The van der Waals surface area contributed by atoms with Gasteiger partial charge in [-0.1, -0.05) is 47.5 Å². The Hall–Kier alpha value is -3.48. The molecule has 0 aromatic heterocycles. The minimum Gasteiger partial charge on any atom is -0.338 e. The molecule has 0 saturated carbocycles. The van der Waals surface area contributed by atoms with Gasteiger partial charge in [-0.15, -0.1) is 0 Å². The fourth-order valence-corrected chi connectivity index (χ4v) is 2.78. The highest BCUT2D eigenvalue weighted by Gasteiger charge is 2.38. The van der Waals surface area contributed by atoms with Crippen molar-refractivity contribution in [1.82, 2.24) is 9.96 Å². The fourth-order valence-electron chi connectivity index (χ4n) is 2.78. The summed E-state index contributed by atoms with van der Waals surface area (Å²) in [6.07, 6.45) is -0.139. The molecule has 0 bridgehead atoms. The van der Waals surface area contributed by atoms with Gasteiger partial charge in [0.05, 0.1) is 17.5 Å². The van der Waals surface area contributed by atoms with Crippen molar-refractivity contribution in [2.45, 2.75) is 19.9 Å². The number of rotatable bonds is 6. The second-order valence-electron chi connectivity index (χ2n) is 6.09. The molecule has 7 nitrogen and oxygen atoms in total. The van der Waals surface area contributed by atoms with Crippen LogP contribution >= 0.6 is 0 Å². The van der Waals surface area contributed by atoms with Crippen LogP contribution in [0.5, 0.6) is 0 Å². The van der Waals surface area contributed by atoms with Crippen LogP contribution in [0.4, 0.5) is 0 Å². The van der Waals surface area contributed by atoms with Crippen LogP contribution in [0.15, 0.2) is 54.6 Å². The number of hydrogen-bond donors (Lipinski definition) is 0. The molecule has 3 amide bonds. The summed E-state index contributed by atoms with van der Waals surface area (Å²) < 4.78 is 0. The molecule has 7 heteroatoms. The van der Waals surface area contributed by atoms with Crippen molar-refractivity contribution in [3.8, 4) is 0 Å². The van der Waals surface area contributed by atoms with E-state index in [4.69, 9.17) is 4.84 Å². The molecule has 0 N–H and O–H groups in total. The fraction of sp³-hybridized carbons (Fsp3) is 0.200. The largest absolute Gasteiger partial charge is 0.338 e. The van der Waals surface area contributed by atoms with E-state index in [0.717, 1.165) is 5.56 Å². The summed E-state index contributed by atoms with van der Waals surface area (Å²) in [6.45, 7) is 1.89. The zero-order valence-electron chi connectivity index (χ0n) is 14.8. The van der Waals surface area contributed by atoms with Gasteiger partial charge in [0.15, 0.2) is 0 Å². The molecule has 1 aliphatic heterocycles. The number of benzene rings is 2. The van der Waals surface area contributed by atoms with Crippen molar-refractivity contribution in [1.29, 1.82) is 0 Å². The molecule has 0 unspecified atom stereocenters. The van der Waals surface area contributed by atoms with Crippen LogP contribution in [-0.2, 0) is 21.0 Å². The standard InChI is InChI=1S/C20H18N2O5/c1-14(23)21(13-15-7-3-2-4-8-15)12-11-18(24)27-22-19(25)16-9-5-6-10-17(16)20(22)26/h2-10H,11-13H2,1H3. The Bertz CT molecular complexity index is 859. The number of carbonyl (C=O) groups excluding carboxylic acids is 4. The molecule has 0 fully saturated rings. The lowest BCUT2D eigenvalue weighted by Crippen LogP contribution is -2.35. The van der Waals surface area contributed by atoms with Gasteiger partial charge < -0.3 is 9.74 Å². The Morgan fingerprint density at radius 3 is 2.04 bits per heavy atom. The smallest absolute Gasteiger partial charge is 0.335 e. The van der Waals surface area contributed by atoms with Crippen molar-refractivity contribution >= 4 is 23.7 Å². The lowest BCUT2D eigenvalue weighted by molar-refractivity contribution is -0.169. The van der Waals surface area contributed by atoms with Crippen LogP contribution in [0.1, 0.15) is 39.6 Å². The number of nitrogens with zero attached hydrogens (tertiary/aromatic N) is 2. The van der Waals surface area contributed by atoms with E-state index in [-0.39, 0.29) is 30.0 Å². The Morgan fingerprint density at radius 1 is 0.926 bits per heavy atom. The van der Waals surface area contributed by atoms with Gasteiger partial charge >= 0.3 is 5.97 Å². The number of carbonyl (C=O) groups is 4. The molecular formula is C20H18N2O5. The zero-order chi connectivity index (χ0) is 19.4. The topological polar surface area (TPSA) is 84.0 Å². The SMILES string of the molecule is CC(=O)N(CCC(=O)ON1C(=O)c2ccccc2C1=O)Cc1ccccc1. The van der Waals surface area contributed by atoms with Crippen LogP contribution in [0.2, 0.25) is 0 Å². The summed E-state index contributed by atoms with van der Waals surface area (Å²) in [4.78, 5) is 54.8. The molecule has 0 radical (unpaired) electrons. The van der Waals surface area contributed by atoms with Gasteiger partial charge in [-0.05, 0) is 17.7 Å². The van der Waals surface area contributed by atoms with Crippen LogP contribution in [0.25, 0.3) is 0 Å². The lowest BCUT2D eigenvalue weighted by Gasteiger charge is -2.21. The van der Waals surface area contributed by atoms with E-state index in [1.54, 1.807) is 12.1 Å². The second-order valence-corrected chi connectivity index (χ2v) is 6.09. The van der Waals surface area contributed by atoms with Gasteiger partial charge in [0.25, 0.3) is 11.8 Å². The number of fused-ring (bicyclic) bond motifs is 1. The first-order chi connectivity index (χ1) is 13.0. The predicted molar refractivity (Wildman–Crippen MR) is 95.2 cm³/mol. The van der Waals surface area contributed by atoms with E-state index in [1.165, 1.54) is 24.0 Å². The van der Waals surface area contributed by atoms with E-state index in [9.17, 15) is 19.2 Å². The van der Waals surface area contributed by atoms with Crippen LogP contribution in [-0.4, -0.2) is 40.2 Å². The maximum atomic E-state index is 12.2. The molecule has 0 atom stereocenters. The Labute approximate surface area is 156 Å². The van der Waals surface area contributed by atoms with Gasteiger partial charge in [0, 0.05) is 20.0 Å². The second kappa shape index (κ2) is 7.82. The first-order valence-corrected chi connectivity index (χ1v) is 8.45. The normalized spacial score (nSPS) is 12.7. The molecular weight excluding hydrogens is 348 g/mol. The van der Waals surface area contributed by atoms with Gasteiger partial charge in [-0.25, -0.2) is 4.79 Å². The number of hydroxylamine groups is 2. The zero-order valence-corrected chi connectivity index (χ0v) is 14.8. The highest BCUT2D eigenvalue weighted by Crippen LogP contribution is 2.22. The molecule has 3 rings (SSSR count). The molecule has 0 aliphatic carbocycles. The van der Waals surface area contributed by atoms with Crippen molar-refractivity contribution in [3.05, 3.63) is 71.3 Å². The minimum atomic E-state index is -0.760. The molecule has 1 heterocycles. The quantitative estimate of drug-likeness (QED) is 0.732. The molecule has 0 spiro atoms. The summed E-state index contributed by atoms with van der Waals surface area (Å²) in [5, 5.41) is 0.475. The van der Waals surface area contributed by atoms with E-state index in [1.807, 2.05) is 30.3 Å². The summed E-state index contributed by atoms with van der Waals surface area (Å²) >= 11 is 0. The maximum Gasteiger partial charge on any atom is 0.335 e. The highest BCUT2D eigenvalue weighted by molar-refractivity contribution is 6.20. The summed E-state index contributed by atoms with van der Waals surface area (Å²) in [6, 6.07) is 15.6. The average Bonchev–Trinajstić information content (AvgIpc) is 2.91. The third kappa shape index (κ3) is 4.03. The number of hydrogen-bond acceptors (Lipinski definition) is 5. The minimum absolute atomic E-state index is 0.117. The van der Waals surface area contributed by atoms with Crippen molar-refractivity contribution < 1.29 is 24.0 Å². The van der Waals surface area contributed by atoms with Crippen LogP contribution < -0.4 is 0 Å². The molecule has 2 aromatic rings. The maximum absolute atomic E-state index is 12.2. The van der Waals surface area contributed by atoms with Crippen molar-refractivity contribution in [2.75, 3.05) is 6.54 Å². The van der Waals surface area contributed by atoms with E-state index >= 15 is 0 Å². The van der Waals surface area contributed by atoms with Crippen molar-refractivity contribution in [3.63, 3.8) is 0 Å². The molecule has 138 valence electrons. The third-order valence-corrected chi connectivity index (χ3v) is 4.20. The molecule has 2 aromatic carbocycles. The summed E-state index contributed by atoms with van der Waals surface area (Å²) in [7, 11) is 0. The lowest BCUT2D eigenvalue weighted by atomic mass is 10.1. The number of imide groups is 1. The average molecular weight is 366 g/mol. The van der Waals surface area contributed by atoms with E-state index in [2.05, 4.69) is 0 Å².